The van der Waals surface area contributed by atoms with Crippen LogP contribution >= 0.6 is 0 Å². The van der Waals surface area contributed by atoms with E-state index in [0.717, 1.165) is 18.4 Å². The van der Waals surface area contributed by atoms with E-state index in [-0.39, 0.29) is 22.1 Å². The summed E-state index contributed by atoms with van der Waals surface area (Å²) < 4.78 is 41.4. The van der Waals surface area contributed by atoms with E-state index in [1.165, 1.54) is 0 Å². The highest BCUT2D eigenvalue weighted by Gasteiger charge is 2.31. The zero-order chi connectivity index (χ0) is 23.0. The lowest BCUT2D eigenvalue weighted by Gasteiger charge is -2.15. The number of carbonyl (C=O) groups is 1. The molecule has 3 aromatic rings. The second-order valence-electron chi connectivity index (χ2n) is 8.11. The molecule has 0 spiro atoms. The molecule has 2 aromatic carbocycles. The fourth-order valence-electron chi connectivity index (χ4n) is 4.16. The molecule has 1 aromatic heterocycles. The lowest BCUT2D eigenvalue weighted by molar-refractivity contribution is 0.0762. The first-order chi connectivity index (χ1) is 15.2. The molecule has 4 rings (SSSR count). The third-order valence-corrected chi connectivity index (χ3v) is 7.50. The number of fused-ring (bicyclic) bond motifs is 1. The third kappa shape index (κ3) is 3.83. The topological polar surface area (TPSA) is 88.8 Å². The molecule has 1 aliphatic rings. The highest BCUT2D eigenvalue weighted by atomic mass is 32.2. The average molecular weight is 457 g/mol. The minimum absolute atomic E-state index is 0.0439. The summed E-state index contributed by atoms with van der Waals surface area (Å²) in [4.78, 5) is 14.8. The van der Waals surface area contributed by atoms with Gasteiger partial charge in [-0.3, -0.25) is 9.52 Å². The van der Waals surface area contributed by atoms with Crippen molar-refractivity contribution >= 4 is 32.6 Å². The van der Waals surface area contributed by atoms with Gasteiger partial charge in [-0.2, -0.15) is 0 Å². The lowest BCUT2D eigenvalue weighted by atomic mass is 10.0. The normalized spacial score (nSPS) is 14.2. The Balaban J connectivity index is 1.85. The van der Waals surface area contributed by atoms with Crippen molar-refractivity contribution in [3.05, 3.63) is 52.8 Å². The van der Waals surface area contributed by atoms with Crippen LogP contribution in [0, 0.1) is 20.8 Å². The molecule has 0 radical (unpaired) electrons. The molecule has 1 saturated heterocycles. The van der Waals surface area contributed by atoms with Gasteiger partial charge >= 0.3 is 0 Å². The number of ether oxygens (including phenoxy) is 1. The van der Waals surface area contributed by atoms with Gasteiger partial charge in [-0.25, -0.2) is 8.42 Å². The first-order valence-electron chi connectivity index (χ1n) is 10.8. The molecule has 7 nitrogen and oxygen atoms in total. The minimum atomic E-state index is -4.03. The van der Waals surface area contributed by atoms with E-state index in [4.69, 9.17) is 9.15 Å². The number of furan rings is 1. The zero-order valence-electron chi connectivity index (χ0n) is 18.8. The van der Waals surface area contributed by atoms with Crippen molar-refractivity contribution in [3.63, 3.8) is 0 Å². The standard InChI is InChI=1S/C24H28N2O5S/c1-5-30-20-11-7-6-10-19(20)25-32(28,29)23-16(3)15(2)14-18-17(4)21(31-22(18)23)24(27)26-12-8-9-13-26/h6-7,10-11,14,25H,5,8-9,12-13H2,1-4H3. The molecule has 32 heavy (non-hydrogen) atoms. The monoisotopic (exact) mass is 456 g/mol. The van der Waals surface area contributed by atoms with Crippen molar-refractivity contribution in [1.29, 1.82) is 0 Å². The Labute approximate surface area is 188 Å². The number of benzene rings is 2. The maximum absolute atomic E-state index is 13.6. The van der Waals surface area contributed by atoms with E-state index in [1.54, 1.807) is 43.0 Å². The molecule has 0 unspecified atom stereocenters. The van der Waals surface area contributed by atoms with Crippen LogP contribution in [0.2, 0.25) is 0 Å². The molecule has 0 aliphatic carbocycles. The minimum Gasteiger partial charge on any atom is -0.492 e. The SMILES string of the molecule is CCOc1ccccc1NS(=O)(=O)c1c(C)c(C)cc2c(C)c(C(=O)N3CCCC3)oc12. The molecule has 1 N–H and O–H groups in total. The number of anilines is 1. The molecule has 0 bridgehead atoms. The van der Waals surface area contributed by atoms with Gasteiger partial charge in [-0.15, -0.1) is 0 Å². The molecule has 0 saturated carbocycles. The van der Waals surface area contributed by atoms with Crippen LogP contribution in [-0.4, -0.2) is 38.9 Å². The van der Waals surface area contributed by atoms with Gasteiger partial charge in [0, 0.05) is 24.0 Å². The first-order valence-corrected chi connectivity index (χ1v) is 12.3. The Bertz CT molecular complexity index is 1290. The van der Waals surface area contributed by atoms with E-state index in [1.807, 2.05) is 19.9 Å². The number of likely N-dealkylation sites (tertiary alicyclic amines) is 1. The number of hydrogen-bond donors (Lipinski definition) is 1. The summed E-state index contributed by atoms with van der Waals surface area (Å²) in [5.74, 6) is 0.461. The van der Waals surface area contributed by atoms with Crippen molar-refractivity contribution in [2.45, 2.75) is 45.4 Å². The predicted molar refractivity (Wildman–Crippen MR) is 124 cm³/mol. The van der Waals surface area contributed by atoms with Gasteiger partial charge in [0.05, 0.1) is 12.3 Å². The second-order valence-corrected chi connectivity index (χ2v) is 9.73. The van der Waals surface area contributed by atoms with Gasteiger partial charge in [-0.05, 0) is 69.9 Å². The second kappa shape index (κ2) is 8.50. The van der Waals surface area contributed by atoms with Gasteiger partial charge in [0.15, 0.2) is 11.3 Å². The number of nitrogens with one attached hydrogen (secondary N) is 1. The number of hydrogen-bond acceptors (Lipinski definition) is 5. The molecular weight excluding hydrogens is 428 g/mol. The van der Waals surface area contributed by atoms with Crippen molar-refractivity contribution in [2.75, 3.05) is 24.4 Å². The number of rotatable bonds is 6. The number of aryl methyl sites for hydroxylation is 2. The Hall–Kier alpha value is -3.00. The summed E-state index contributed by atoms with van der Waals surface area (Å²) >= 11 is 0. The highest BCUT2D eigenvalue weighted by Crippen LogP contribution is 2.37. The van der Waals surface area contributed by atoms with Crippen LogP contribution in [0.15, 0.2) is 39.6 Å². The van der Waals surface area contributed by atoms with Gasteiger partial charge in [0.1, 0.15) is 10.6 Å². The number of nitrogens with zero attached hydrogens (tertiary/aromatic N) is 1. The smallest absolute Gasteiger partial charge is 0.289 e. The first kappa shape index (κ1) is 22.2. The van der Waals surface area contributed by atoms with Crippen LogP contribution in [0.4, 0.5) is 5.69 Å². The molecule has 8 heteroatoms. The Morgan fingerprint density at radius 1 is 1.12 bits per heavy atom. The molecule has 1 amide bonds. The van der Waals surface area contributed by atoms with Crippen molar-refractivity contribution < 1.29 is 22.4 Å². The van der Waals surface area contributed by atoms with E-state index in [9.17, 15) is 13.2 Å². The number of para-hydroxylation sites is 2. The van der Waals surface area contributed by atoms with Crippen LogP contribution in [0.3, 0.4) is 0 Å². The van der Waals surface area contributed by atoms with Crippen molar-refractivity contribution in [1.82, 2.24) is 4.90 Å². The summed E-state index contributed by atoms with van der Waals surface area (Å²) in [6, 6.07) is 8.77. The maximum atomic E-state index is 13.6. The molecule has 1 fully saturated rings. The van der Waals surface area contributed by atoms with Crippen LogP contribution in [0.1, 0.15) is 47.0 Å². The van der Waals surface area contributed by atoms with Gasteiger partial charge < -0.3 is 14.1 Å². The fourth-order valence-corrected chi connectivity index (χ4v) is 5.68. The number of sulfonamides is 1. The van der Waals surface area contributed by atoms with Crippen LogP contribution in [0.25, 0.3) is 11.0 Å². The molecule has 2 heterocycles. The molecule has 0 atom stereocenters. The lowest BCUT2D eigenvalue weighted by Crippen LogP contribution is -2.27. The molecule has 1 aliphatic heterocycles. The largest absolute Gasteiger partial charge is 0.492 e. The summed E-state index contributed by atoms with van der Waals surface area (Å²) in [5, 5.41) is 0.633. The number of carbonyl (C=O) groups excluding carboxylic acids is 1. The van der Waals surface area contributed by atoms with E-state index >= 15 is 0 Å². The molecule has 170 valence electrons. The summed E-state index contributed by atoms with van der Waals surface area (Å²) in [7, 11) is -4.03. The third-order valence-electron chi connectivity index (χ3n) is 5.98. The van der Waals surface area contributed by atoms with E-state index in [2.05, 4.69) is 4.72 Å². The fraction of sp³-hybridized carbons (Fsp3) is 0.375. The highest BCUT2D eigenvalue weighted by molar-refractivity contribution is 7.93. The zero-order valence-corrected chi connectivity index (χ0v) is 19.6. The van der Waals surface area contributed by atoms with Gasteiger partial charge in [0.25, 0.3) is 15.9 Å². The van der Waals surface area contributed by atoms with Crippen LogP contribution < -0.4 is 9.46 Å². The predicted octanol–water partition coefficient (Wildman–Crippen LogP) is 4.79. The average Bonchev–Trinajstić information content (AvgIpc) is 3.39. The Kier molecular flexibility index (Phi) is 5.90. The Morgan fingerprint density at radius 3 is 2.50 bits per heavy atom. The van der Waals surface area contributed by atoms with Gasteiger partial charge in [-0.1, -0.05) is 12.1 Å². The summed E-state index contributed by atoms with van der Waals surface area (Å²) in [6.45, 7) is 9.03. The maximum Gasteiger partial charge on any atom is 0.289 e. The van der Waals surface area contributed by atoms with E-state index in [0.29, 0.717) is 47.6 Å². The molecular formula is C24H28N2O5S. The van der Waals surface area contributed by atoms with Crippen LogP contribution in [0.5, 0.6) is 5.75 Å². The number of amides is 1. The van der Waals surface area contributed by atoms with Crippen molar-refractivity contribution in [2.24, 2.45) is 0 Å². The Morgan fingerprint density at radius 2 is 1.81 bits per heavy atom. The van der Waals surface area contributed by atoms with E-state index < -0.39 is 10.0 Å². The van der Waals surface area contributed by atoms with Crippen molar-refractivity contribution in [3.8, 4) is 5.75 Å². The quantitative estimate of drug-likeness (QED) is 0.576. The van der Waals surface area contributed by atoms with Gasteiger partial charge in [0.2, 0.25) is 0 Å². The summed E-state index contributed by atoms with van der Waals surface area (Å²) in [6.07, 6.45) is 1.93. The summed E-state index contributed by atoms with van der Waals surface area (Å²) in [5.41, 5.74) is 2.59. The van der Waals surface area contributed by atoms with Crippen LogP contribution in [-0.2, 0) is 10.0 Å².